The molecular weight excluding hydrogens is 364 g/mol. The normalized spacial score (nSPS) is 15.0. The molecule has 0 saturated carbocycles. The summed E-state index contributed by atoms with van der Waals surface area (Å²) in [6.07, 6.45) is 0. The number of benzene rings is 2. The van der Waals surface area contributed by atoms with Crippen molar-refractivity contribution in [3.8, 4) is 22.6 Å². The summed E-state index contributed by atoms with van der Waals surface area (Å²) in [6.45, 7) is 4.41. The minimum absolute atomic E-state index is 0.146. The SMILES string of the molecule is COc1ccc2c(c1)-c1c(ssc1=Nc1ccccc1OC)C(C)(C)N2. The Labute approximate surface area is 160 Å². The van der Waals surface area contributed by atoms with Crippen molar-refractivity contribution in [1.29, 1.82) is 0 Å². The lowest BCUT2D eigenvalue weighted by atomic mass is 9.90. The lowest BCUT2D eigenvalue weighted by Gasteiger charge is -2.33. The summed E-state index contributed by atoms with van der Waals surface area (Å²) in [7, 11) is 6.84. The van der Waals surface area contributed by atoms with Gasteiger partial charge in [-0.15, -0.1) is 0 Å². The van der Waals surface area contributed by atoms with E-state index >= 15 is 0 Å². The Hall–Kier alpha value is -2.31. The average Bonchev–Trinajstić information content (AvgIpc) is 3.07. The van der Waals surface area contributed by atoms with Gasteiger partial charge in [0, 0.05) is 16.8 Å². The molecule has 1 aliphatic heterocycles. The van der Waals surface area contributed by atoms with Crippen LogP contribution in [-0.2, 0) is 5.54 Å². The van der Waals surface area contributed by atoms with E-state index in [0.717, 1.165) is 33.1 Å². The van der Waals surface area contributed by atoms with E-state index in [1.54, 1.807) is 34.9 Å². The van der Waals surface area contributed by atoms with Crippen LogP contribution in [0.2, 0.25) is 0 Å². The van der Waals surface area contributed by atoms with E-state index in [1.165, 1.54) is 10.4 Å². The van der Waals surface area contributed by atoms with Crippen LogP contribution in [0.4, 0.5) is 11.4 Å². The second kappa shape index (κ2) is 6.45. The maximum absolute atomic E-state index is 5.47. The molecule has 0 unspecified atom stereocenters. The Bertz CT molecular complexity index is 1030. The van der Waals surface area contributed by atoms with Crippen molar-refractivity contribution in [2.24, 2.45) is 4.99 Å². The zero-order valence-corrected chi connectivity index (χ0v) is 16.8. The monoisotopic (exact) mass is 384 g/mol. The van der Waals surface area contributed by atoms with Crippen LogP contribution < -0.4 is 19.5 Å². The second-order valence-corrected chi connectivity index (χ2v) is 8.75. The molecule has 0 fully saturated rings. The number of nitrogens with zero attached hydrogens (tertiary/aromatic N) is 1. The van der Waals surface area contributed by atoms with Crippen LogP contribution in [0.1, 0.15) is 18.7 Å². The number of anilines is 1. The predicted octanol–water partition coefficient (Wildman–Crippen LogP) is 5.39. The average molecular weight is 385 g/mol. The molecule has 0 atom stereocenters. The number of fused-ring (bicyclic) bond motifs is 3. The number of rotatable bonds is 3. The summed E-state index contributed by atoms with van der Waals surface area (Å²) in [5, 5.41) is 3.64. The predicted molar refractivity (Wildman–Crippen MR) is 109 cm³/mol. The van der Waals surface area contributed by atoms with Crippen LogP contribution in [-0.4, -0.2) is 14.2 Å². The van der Waals surface area contributed by atoms with Gasteiger partial charge in [0.1, 0.15) is 21.9 Å². The topological polar surface area (TPSA) is 42.9 Å². The molecule has 1 aliphatic rings. The van der Waals surface area contributed by atoms with Gasteiger partial charge in [-0.25, -0.2) is 4.99 Å². The molecule has 1 N–H and O–H groups in total. The van der Waals surface area contributed by atoms with Crippen LogP contribution in [0.5, 0.6) is 11.5 Å². The molecule has 26 heavy (non-hydrogen) atoms. The Kier molecular flexibility index (Phi) is 4.25. The summed E-state index contributed by atoms with van der Waals surface area (Å²) in [5.74, 6) is 1.62. The molecule has 134 valence electrons. The van der Waals surface area contributed by atoms with Gasteiger partial charge >= 0.3 is 0 Å². The fourth-order valence-electron chi connectivity index (χ4n) is 3.18. The molecule has 0 saturated heterocycles. The minimum atomic E-state index is -0.146. The molecule has 6 heteroatoms. The van der Waals surface area contributed by atoms with E-state index in [1.807, 2.05) is 30.3 Å². The molecule has 0 spiro atoms. The highest BCUT2D eigenvalue weighted by atomic mass is 32.9. The maximum atomic E-state index is 5.47. The lowest BCUT2D eigenvalue weighted by Crippen LogP contribution is -2.31. The summed E-state index contributed by atoms with van der Waals surface area (Å²) in [6, 6.07) is 14.0. The third-order valence-corrected chi connectivity index (χ3v) is 7.10. The van der Waals surface area contributed by atoms with Gasteiger partial charge in [-0.3, -0.25) is 0 Å². The van der Waals surface area contributed by atoms with E-state index in [4.69, 9.17) is 14.5 Å². The molecular formula is C20H20N2O2S2. The lowest BCUT2D eigenvalue weighted by molar-refractivity contribution is 0.415. The van der Waals surface area contributed by atoms with Crippen molar-refractivity contribution in [3.05, 3.63) is 52.0 Å². The Balaban J connectivity index is 1.99. The molecule has 0 radical (unpaired) electrons. The third kappa shape index (κ3) is 2.79. The van der Waals surface area contributed by atoms with Crippen LogP contribution in [0.3, 0.4) is 0 Å². The van der Waals surface area contributed by atoms with Crippen molar-refractivity contribution < 1.29 is 9.47 Å². The maximum Gasteiger partial charge on any atom is 0.144 e. The van der Waals surface area contributed by atoms with E-state index in [2.05, 4.69) is 31.3 Å². The van der Waals surface area contributed by atoms with Gasteiger partial charge in [0.2, 0.25) is 0 Å². The highest BCUT2D eigenvalue weighted by Gasteiger charge is 2.33. The second-order valence-electron chi connectivity index (χ2n) is 6.62. The Morgan fingerprint density at radius 2 is 1.81 bits per heavy atom. The van der Waals surface area contributed by atoms with Crippen molar-refractivity contribution in [2.75, 3.05) is 19.5 Å². The van der Waals surface area contributed by atoms with Gasteiger partial charge < -0.3 is 14.8 Å². The molecule has 0 bridgehead atoms. The van der Waals surface area contributed by atoms with E-state index in [0.29, 0.717) is 0 Å². The van der Waals surface area contributed by atoms with Gasteiger partial charge in [-0.1, -0.05) is 32.8 Å². The highest BCUT2D eigenvalue weighted by Crippen LogP contribution is 2.46. The van der Waals surface area contributed by atoms with Gasteiger partial charge in [0.15, 0.2) is 0 Å². The van der Waals surface area contributed by atoms with Gasteiger partial charge in [-0.05, 0) is 44.2 Å². The fourth-order valence-corrected chi connectivity index (χ4v) is 6.11. The van der Waals surface area contributed by atoms with Gasteiger partial charge in [0.05, 0.1) is 24.6 Å². The van der Waals surface area contributed by atoms with Crippen LogP contribution >= 0.6 is 20.7 Å². The number of hydrogen-bond donors (Lipinski definition) is 1. The molecule has 1 aromatic heterocycles. The molecule has 2 aromatic carbocycles. The third-order valence-electron chi connectivity index (χ3n) is 4.46. The summed E-state index contributed by atoms with van der Waals surface area (Å²) in [5.41, 5.74) is 4.11. The van der Waals surface area contributed by atoms with Gasteiger partial charge in [0.25, 0.3) is 0 Å². The van der Waals surface area contributed by atoms with Gasteiger partial charge in [-0.2, -0.15) is 0 Å². The Morgan fingerprint density at radius 1 is 1.00 bits per heavy atom. The number of ether oxygens (including phenoxy) is 2. The molecule has 0 aliphatic carbocycles. The first-order valence-electron chi connectivity index (χ1n) is 8.31. The van der Waals surface area contributed by atoms with Crippen LogP contribution in [0, 0.1) is 0 Å². The smallest absolute Gasteiger partial charge is 0.144 e. The number of nitrogens with one attached hydrogen (secondary N) is 1. The number of hydrogen-bond acceptors (Lipinski definition) is 6. The van der Waals surface area contributed by atoms with Crippen molar-refractivity contribution in [3.63, 3.8) is 0 Å². The van der Waals surface area contributed by atoms with E-state index in [-0.39, 0.29) is 5.54 Å². The highest BCUT2D eigenvalue weighted by molar-refractivity contribution is 7.68. The molecule has 2 heterocycles. The minimum Gasteiger partial charge on any atom is -0.497 e. The molecule has 3 aromatic rings. The first-order chi connectivity index (χ1) is 12.5. The van der Waals surface area contributed by atoms with E-state index < -0.39 is 0 Å². The first kappa shape index (κ1) is 17.1. The zero-order chi connectivity index (χ0) is 18.3. The van der Waals surface area contributed by atoms with Crippen LogP contribution in [0.25, 0.3) is 11.1 Å². The van der Waals surface area contributed by atoms with Crippen molar-refractivity contribution >= 4 is 32.1 Å². The number of methoxy groups -OCH3 is 2. The largest absolute Gasteiger partial charge is 0.497 e. The van der Waals surface area contributed by atoms with Crippen LogP contribution in [0.15, 0.2) is 47.5 Å². The summed E-state index contributed by atoms with van der Waals surface area (Å²) >= 11 is 0. The fraction of sp³-hybridized carbons (Fsp3) is 0.250. The summed E-state index contributed by atoms with van der Waals surface area (Å²) < 4.78 is 11.9. The standard InChI is InChI=1S/C20H20N2O2S2/c1-20(2)18-17(13-11-12(23-3)9-10-14(13)22-20)19(26-25-18)21-15-7-5-6-8-16(15)24-4/h5-11,22H,1-4H3. The zero-order valence-electron chi connectivity index (χ0n) is 15.1. The van der Waals surface area contributed by atoms with Crippen molar-refractivity contribution in [1.82, 2.24) is 0 Å². The first-order valence-corrected chi connectivity index (χ1v) is 10.5. The van der Waals surface area contributed by atoms with E-state index in [9.17, 15) is 0 Å². The molecule has 4 rings (SSSR count). The number of para-hydroxylation sites is 2. The molecule has 4 nitrogen and oxygen atoms in total. The molecule has 0 amide bonds. The van der Waals surface area contributed by atoms with Crippen molar-refractivity contribution in [2.45, 2.75) is 19.4 Å². The Morgan fingerprint density at radius 3 is 2.58 bits per heavy atom. The summed E-state index contributed by atoms with van der Waals surface area (Å²) in [4.78, 5) is 6.23. The quantitative estimate of drug-likeness (QED) is 0.616.